The minimum absolute atomic E-state index is 0.215. The third-order valence-corrected chi connectivity index (χ3v) is 4.74. The first-order valence-electron chi connectivity index (χ1n) is 9.17. The number of amides is 1. The summed E-state index contributed by atoms with van der Waals surface area (Å²) >= 11 is 0. The van der Waals surface area contributed by atoms with E-state index in [0.29, 0.717) is 18.4 Å². The summed E-state index contributed by atoms with van der Waals surface area (Å²) in [5.41, 5.74) is 1.38. The highest BCUT2D eigenvalue weighted by Gasteiger charge is 2.32. The molecular formula is C20H32N2O. The van der Waals surface area contributed by atoms with Crippen molar-refractivity contribution >= 4 is 5.91 Å². The molecule has 2 unspecified atom stereocenters. The lowest BCUT2D eigenvalue weighted by atomic mass is 9.83. The third kappa shape index (κ3) is 5.65. The Balaban J connectivity index is 2.02. The topological polar surface area (TPSA) is 32.3 Å². The fourth-order valence-electron chi connectivity index (χ4n) is 3.80. The summed E-state index contributed by atoms with van der Waals surface area (Å²) in [7, 11) is 0. The largest absolute Gasteiger partial charge is 0.354 e. The van der Waals surface area contributed by atoms with E-state index >= 15 is 0 Å². The Morgan fingerprint density at radius 2 is 2.04 bits per heavy atom. The predicted octanol–water partition coefficient (Wildman–Crippen LogP) is 3.98. The second-order valence-corrected chi connectivity index (χ2v) is 7.14. The van der Waals surface area contributed by atoms with Crippen molar-refractivity contribution in [1.82, 2.24) is 10.2 Å². The van der Waals surface area contributed by atoms with Gasteiger partial charge in [0.05, 0.1) is 0 Å². The lowest BCUT2D eigenvalue weighted by Gasteiger charge is -2.41. The Morgan fingerprint density at radius 3 is 2.70 bits per heavy atom. The molecule has 1 aliphatic heterocycles. The van der Waals surface area contributed by atoms with Gasteiger partial charge in [-0.1, -0.05) is 43.7 Å². The van der Waals surface area contributed by atoms with Crippen molar-refractivity contribution in [1.29, 1.82) is 0 Å². The molecule has 0 aliphatic carbocycles. The van der Waals surface area contributed by atoms with Crippen LogP contribution in [0.1, 0.15) is 58.4 Å². The summed E-state index contributed by atoms with van der Waals surface area (Å²) in [6.45, 7) is 8.48. The summed E-state index contributed by atoms with van der Waals surface area (Å²) in [4.78, 5) is 14.8. The molecule has 0 saturated carbocycles. The standard InChI is InChI=1S/C20H32N2O/c1-4-9-19-18(14-20(23)21-16(2)3)12-8-13-22(19)15-17-10-6-5-7-11-17/h5-7,10-11,16,18-19H,4,8-9,12-15H2,1-3H3,(H,21,23). The lowest BCUT2D eigenvalue weighted by molar-refractivity contribution is -0.123. The van der Waals surface area contributed by atoms with Gasteiger partial charge in [-0.25, -0.2) is 0 Å². The van der Waals surface area contributed by atoms with Crippen LogP contribution in [0, 0.1) is 5.92 Å². The Morgan fingerprint density at radius 1 is 1.30 bits per heavy atom. The number of hydrogen-bond donors (Lipinski definition) is 1. The number of rotatable bonds is 7. The van der Waals surface area contributed by atoms with Gasteiger partial charge >= 0.3 is 0 Å². The molecule has 23 heavy (non-hydrogen) atoms. The van der Waals surface area contributed by atoms with E-state index in [2.05, 4.69) is 47.5 Å². The maximum atomic E-state index is 12.2. The van der Waals surface area contributed by atoms with Crippen molar-refractivity contribution in [3.8, 4) is 0 Å². The monoisotopic (exact) mass is 316 g/mol. The van der Waals surface area contributed by atoms with E-state index in [1.165, 1.54) is 31.2 Å². The molecule has 1 amide bonds. The van der Waals surface area contributed by atoms with Gasteiger partial charge in [0.15, 0.2) is 0 Å². The second kappa shape index (κ2) is 9.07. The van der Waals surface area contributed by atoms with E-state index in [-0.39, 0.29) is 11.9 Å². The predicted molar refractivity (Wildman–Crippen MR) is 96.2 cm³/mol. The van der Waals surface area contributed by atoms with Crippen LogP contribution >= 0.6 is 0 Å². The maximum Gasteiger partial charge on any atom is 0.220 e. The van der Waals surface area contributed by atoms with Gasteiger partial charge in [0.1, 0.15) is 0 Å². The van der Waals surface area contributed by atoms with Crippen LogP contribution in [-0.4, -0.2) is 29.4 Å². The molecule has 0 spiro atoms. The van der Waals surface area contributed by atoms with Gasteiger partial charge in [-0.3, -0.25) is 9.69 Å². The summed E-state index contributed by atoms with van der Waals surface area (Å²) in [5.74, 6) is 0.707. The smallest absolute Gasteiger partial charge is 0.220 e. The zero-order valence-corrected chi connectivity index (χ0v) is 14.9. The Hall–Kier alpha value is -1.35. The fraction of sp³-hybridized carbons (Fsp3) is 0.650. The summed E-state index contributed by atoms with van der Waals surface area (Å²) < 4.78 is 0. The highest BCUT2D eigenvalue weighted by molar-refractivity contribution is 5.76. The molecule has 0 radical (unpaired) electrons. The number of nitrogens with zero attached hydrogens (tertiary/aromatic N) is 1. The molecule has 0 aromatic heterocycles. The molecule has 2 rings (SSSR count). The summed E-state index contributed by atoms with van der Waals surface area (Å²) in [6.07, 6.45) is 5.42. The van der Waals surface area contributed by atoms with E-state index in [1.807, 2.05) is 13.8 Å². The highest BCUT2D eigenvalue weighted by Crippen LogP contribution is 2.30. The van der Waals surface area contributed by atoms with Crippen molar-refractivity contribution in [2.75, 3.05) is 6.54 Å². The van der Waals surface area contributed by atoms with Crippen molar-refractivity contribution in [3.05, 3.63) is 35.9 Å². The van der Waals surface area contributed by atoms with Gasteiger partial charge < -0.3 is 5.32 Å². The SMILES string of the molecule is CCCC1C(CC(=O)NC(C)C)CCCN1Cc1ccccc1. The molecule has 1 fully saturated rings. The average Bonchev–Trinajstić information content (AvgIpc) is 2.50. The van der Waals surface area contributed by atoms with Crippen LogP contribution in [0.2, 0.25) is 0 Å². The number of likely N-dealkylation sites (tertiary alicyclic amines) is 1. The number of benzene rings is 1. The van der Waals surface area contributed by atoms with Gasteiger partial charge in [-0.2, -0.15) is 0 Å². The quantitative estimate of drug-likeness (QED) is 0.825. The Bertz CT molecular complexity index is 472. The van der Waals surface area contributed by atoms with Gasteiger partial charge in [0, 0.05) is 25.0 Å². The molecule has 3 nitrogen and oxygen atoms in total. The summed E-state index contributed by atoms with van der Waals surface area (Å²) in [6, 6.07) is 11.5. The molecule has 1 N–H and O–H groups in total. The van der Waals surface area contributed by atoms with Crippen molar-refractivity contribution in [3.63, 3.8) is 0 Å². The first-order chi connectivity index (χ1) is 11.1. The van der Waals surface area contributed by atoms with Crippen LogP contribution in [0.5, 0.6) is 0 Å². The van der Waals surface area contributed by atoms with Gasteiger partial charge in [0.25, 0.3) is 0 Å². The molecule has 128 valence electrons. The lowest BCUT2D eigenvalue weighted by Crippen LogP contribution is -2.46. The molecule has 1 saturated heterocycles. The van der Waals surface area contributed by atoms with Crippen molar-refractivity contribution in [2.45, 2.75) is 71.5 Å². The molecular weight excluding hydrogens is 284 g/mol. The summed E-state index contributed by atoms with van der Waals surface area (Å²) in [5, 5.41) is 3.06. The molecule has 3 heteroatoms. The van der Waals surface area contributed by atoms with E-state index in [1.54, 1.807) is 0 Å². The van der Waals surface area contributed by atoms with Gasteiger partial charge in [0.2, 0.25) is 5.91 Å². The normalized spacial score (nSPS) is 22.3. The molecule has 1 aliphatic rings. The Labute approximate surface area is 141 Å². The van der Waals surface area contributed by atoms with Crippen LogP contribution in [-0.2, 0) is 11.3 Å². The van der Waals surface area contributed by atoms with E-state index < -0.39 is 0 Å². The van der Waals surface area contributed by atoms with Gasteiger partial charge in [-0.05, 0) is 51.1 Å². The van der Waals surface area contributed by atoms with Gasteiger partial charge in [-0.15, -0.1) is 0 Å². The van der Waals surface area contributed by atoms with E-state index in [4.69, 9.17) is 0 Å². The van der Waals surface area contributed by atoms with Crippen LogP contribution < -0.4 is 5.32 Å². The second-order valence-electron chi connectivity index (χ2n) is 7.14. The number of hydrogen-bond acceptors (Lipinski definition) is 2. The minimum atomic E-state index is 0.215. The van der Waals surface area contributed by atoms with Crippen LogP contribution in [0.4, 0.5) is 0 Å². The minimum Gasteiger partial charge on any atom is -0.354 e. The van der Waals surface area contributed by atoms with E-state index in [9.17, 15) is 4.79 Å². The number of carbonyl (C=O) groups is 1. The van der Waals surface area contributed by atoms with Crippen LogP contribution in [0.3, 0.4) is 0 Å². The molecule has 1 heterocycles. The Kier molecular flexibility index (Phi) is 7.10. The zero-order valence-electron chi connectivity index (χ0n) is 14.9. The maximum absolute atomic E-state index is 12.2. The molecule has 1 aromatic carbocycles. The van der Waals surface area contributed by atoms with Crippen LogP contribution in [0.15, 0.2) is 30.3 Å². The molecule has 2 atom stereocenters. The first kappa shape index (κ1) is 18.0. The van der Waals surface area contributed by atoms with Crippen molar-refractivity contribution < 1.29 is 4.79 Å². The van der Waals surface area contributed by atoms with E-state index in [0.717, 1.165) is 13.1 Å². The zero-order chi connectivity index (χ0) is 16.7. The molecule has 0 bridgehead atoms. The molecule has 1 aromatic rings. The number of carbonyl (C=O) groups excluding carboxylic acids is 1. The first-order valence-corrected chi connectivity index (χ1v) is 9.17. The highest BCUT2D eigenvalue weighted by atomic mass is 16.1. The average molecular weight is 316 g/mol. The number of piperidine rings is 1. The van der Waals surface area contributed by atoms with Crippen LogP contribution in [0.25, 0.3) is 0 Å². The number of nitrogens with one attached hydrogen (secondary N) is 1. The van der Waals surface area contributed by atoms with Crippen molar-refractivity contribution in [2.24, 2.45) is 5.92 Å². The third-order valence-electron chi connectivity index (χ3n) is 4.74. The fourth-order valence-corrected chi connectivity index (χ4v) is 3.80.